The molecule has 1 unspecified atom stereocenters. The highest BCUT2D eigenvalue weighted by atomic mass is 32.2. The molecule has 0 aliphatic carbocycles. The molecule has 2 amide bonds. The second kappa shape index (κ2) is 9.45. The van der Waals surface area contributed by atoms with E-state index in [0.29, 0.717) is 18.1 Å². The molecule has 0 spiro atoms. The second-order valence-electron chi connectivity index (χ2n) is 6.18. The van der Waals surface area contributed by atoms with E-state index < -0.39 is 11.7 Å². The Morgan fingerprint density at radius 2 is 1.87 bits per heavy atom. The van der Waals surface area contributed by atoms with Crippen molar-refractivity contribution in [3.05, 3.63) is 35.9 Å². The molecule has 0 aliphatic heterocycles. The third kappa shape index (κ3) is 9.13. The molecule has 0 heterocycles. The molecule has 1 aromatic rings. The Morgan fingerprint density at radius 1 is 1.22 bits per heavy atom. The predicted molar refractivity (Wildman–Crippen MR) is 94.6 cm³/mol. The van der Waals surface area contributed by atoms with Crippen LogP contribution < -0.4 is 10.6 Å². The highest BCUT2D eigenvalue weighted by Gasteiger charge is 2.15. The van der Waals surface area contributed by atoms with Gasteiger partial charge in [0.05, 0.1) is 11.8 Å². The van der Waals surface area contributed by atoms with Gasteiger partial charge in [0, 0.05) is 12.3 Å². The van der Waals surface area contributed by atoms with Gasteiger partial charge in [-0.15, -0.1) is 0 Å². The van der Waals surface area contributed by atoms with Crippen LogP contribution in [0.4, 0.5) is 4.79 Å². The Morgan fingerprint density at radius 3 is 2.48 bits per heavy atom. The quantitative estimate of drug-likeness (QED) is 0.750. The van der Waals surface area contributed by atoms with Crippen LogP contribution in [0, 0.1) is 0 Å². The van der Waals surface area contributed by atoms with Crippen molar-refractivity contribution in [1.29, 1.82) is 0 Å². The van der Waals surface area contributed by atoms with Gasteiger partial charge in [0.25, 0.3) is 0 Å². The molecule has 6 heteroatoms. The summed E-state index contributed by atoms with van der Waals surface area (Å²) in [7, 11) is 0. The van der Waals surface area contributed by atoms with Crippen LogP contribution >= 0.6 is 11.8 Å². The lowest BCUT2D eigenvalue weighted by molar-refractivity contribution is -0.119. The van der Waals surface area contributed by atoms with Crippen molar-refractivity contribution in [3.8, 4) is 0 Å². The van der Waals surface area contributed by atoms with Crippen LogP contribution in [0.5, 0.6) is 0 Å². The highest BCUT2D eigenvalue weighted by Crippen LogP contribution is 2.11. The minimum absolute atomic E-state index is 0.0100. The summed E-state index contributed by atoms with van der Waals surface area (Å²) < 4.78 is 5.13. The van der Waals surface area contributed by atoms with Gasteiger partial charge in [-0.2, -0.15) is 11.8 Å². The van der Waals surface area contributed by atoms with Gasteiger partial charge in [-0.25, -0.2) is 4.79 Å². The van der Waals surface area contributed by atoms with Crippen LogP contribution in [0.25, 0.3) is 0 Å². The lowest BCUT2D eigenvalue weighted by atomic mass is 10.1. The molecule has 0 aliphatic rings. The first-order valence-corrected chi connectivity index (χ1v) is 8.82. The van der Waals surface area contributed by atoms with Crippen LogP contribution in [0.3, 0.4) is 0 Å². The van der Waals surface area contributed by atoms with Gasteiger partial charge in [-0.3, -0.25) is 4.79 Å². The molecule has 23 heavy (non-hydrogen) atoms. The minimum Gasteiger partial charge on any atom is -0.444 e. The van der Waals surface area contributed by atoms with Crippen LogP contribution in [-0.4, -0.2) is 35.7 Å². The summed E-state index contributed by atoms with van der Waals surface area (Å²) in [5.74, 6) is 1.02. The topological polar surface area (TPSA) is 67.4 Å². The molecule has 0 saturated heterocycles. The van der Waals surface area contributed by atoms with Crippen molar-refractivity contribution in [2.24, 2.45) is 0 Å². The van der Waals surface area contributed by atoms with Crippen LogP contribution in [0.15, 0.2) is 30.3 Å². The number of thioether (sulfide) groups is 1. The average Bonchev–Trinajstić information content (AvgIpc) is 2.46. The normalized spacial score (nSPS) is 12.3. The zero-order chi connectivity index (χ0) is 17.3. The summed E-state index contributed by atoms with van der Waals surface area (Å²) in [6, 6.07) is 9.82. The molecule has 0 fully saturated rings. The summed E-state index contributed by atoms with van der Waals surface area (Å²) in [4.78, 5) is 23.3. The highest BCUT2D eigenvalue weighted by molar-refractivity contribution is 7.99. The third-order valence-corrected chi connectivity index (χ3v) is 3.78. The number of hydrogen-bond acceptors (Lipinski definition) is 4. The van der Waals surface area contributed by atoms with E-state index in [1.165, 1.54) is 11.8 Å². The summed E-state index contributed by atoms with van der Waals surface area (Å²) in [5.41, 5.74) is 0.586. The molecule has 0 saturated carbocycles. The third-order valence-electron chi connectivity index (χ3n) is 2.82. The zero-order valence-electron chi connectivity index (χ0n) is 14.2. The molecule has 1 aromatic carbocycles. The Bertz CT molecular complexity index is 500. The van der Waals surface area contributed by atoms with Crippen molar-refractivity contribution >= 4 is 23.8 Å². The first-order chi connectivity index (χ1) is 10.8. The Balaban J connectivity index is 2.14. The fraction of sp³-hybridized carbons (Fsp3) is 0.529. The number of ether oxygens (including phenoxy) is 1. The first-order valence-electron chi connectivity index (χ1n) is 7.67. The Kier molecular flexibility index (Phi) is 7.95. The fourth-order valence-corrected chi connectivity index (χ4v) is 2.47. The van der Waals surface area contributed by atoms with Crippen molar-refractivity contribution in [2.75, 3.05) is 18.1 Å². The van der Waals surface area contributed by atoms with E-state index in [9.17, 15) is 9.59 Å². The van der Waals surface area contributed by atoms with Crippen molar-refractivity contribution in [3.63, 3.8) is 0 Å². The molecular weight excluding hydrogens is 312 g/mol. The van der Waals surface area contributed by atoms with Crippen molar-refractivity contribution in [2.45, 2.75) is 39.3 Å². The van der Waals surface area contributed by atoms with E-state index in [4.69, 9.17) is 4.74 Å². The van der Waals surface area contributed by atoms with Crippen LogP contribution in [0.1, 0.15) is 39.3 Å². The average molecular weight is 338 g/mol. The molecule has 0 bridgehead atoms. The van der Waals surface area contributed by atoms with Crippen LogP contribution in [-0.2, 0) is 9.53 Å². The first kappa shape index (κ1) is 19.4. The van der Waals surface area contributed by atoms with Crippen molar-refractivity contribution < 1.29 is 14.3 Å². The van der Waals surface area contributed by atoms with E-state index in [-0.39, 0.29) is 11.9 Å². The second-order valence-corrected chi connectivity index (χ2v) is 7.29. The van der Waals surface area contributed by atoms with Gasteiger partial charge in [0.2, 0.25) is 5.91 Å². The Hall–Kier alpha value is -1.69. The summed E-state index contributed by atoms with van der Waals surface area (Å²) in [5, 5.41) is 5.62. The molecule has 2 N–H and O–H groups in total. The van der Waals surface area contributed by atoms with E-state index in [0.717, 1.165) is 5.56 Å². The maximum absolute atomic E-state index is 11.9. The summed E-state index contributed by atoms with van der Waals surface area (Å²) >= 11 is 1.48. The van der Waals surface area contributed by atoms with E-state index in [1.54, 1.807) is 0 Å². The lowest BCUT2D eigenvalue weighted by Gasteiger charge is -2.19. The number of hydrogen-bond donors (Lipinski definition) is 2. The smallest absolute Gasteiger partial charge is 0.407 e. The number of benzene rings is 1. The van der Waals surface area contributed by atoms with Gasteiger partial charge in [0.1, 0.15) is 5.60 Å². The van der Waals surface area contributed by atoms with Crippen molar-refractivity contribution in [1.82, 2.24) is 10.6 Å². The van der Waals surface area contributed by atoms with Crippen LogP contribution in [0.2, 0.25) is 0 Å². The van der Waals surface area contributed by atoms with Gasteiger partial charge in [-0.1, -0.05) is 30.3 Å². The van der Waals surface area contributed by atoms with E-state index in [1.807, 2.05) is 58.0 Å². The zero-order valence-corrected chi connectivity index (χ0v) is 15.0. The van der Waals surface area contributed by atoms with Gasteiger partial charge in [-0.05, 0) is 33.3 Å². The number of carbonyl (C=O) groups is 2. The van der Waals surface area contributed by atoms with Gasteiger partial charge in [0.15, 0.2) is 0 Å². The molecule has 1 atom stereocenters. The minimum atomic E-state index is -0.495. The maximum Gasteiger partial charge on any atom is 0.407 e. The number of rotatable bonds is 7. The molecular formula is C17H26N2O3S. The van der Waals surface area contributed by atoms with E-state index >= 15 is 0 Å². The summed E-state index contributed by atoms with van der Waals surface area (Å²) in [6.45, 7) is 7.89. The maximum atomic E-state index is 11.9. The molecule has 5 nitrogen and oxygen atoms in total. The van der Waals surface area contributed by atoms with Gasteiger partial charge < -0.3 is 15.4 Å². The number of carbonyl (C=O) groups excluding carboxylic acids is 2. The standard InChI is InChI=1S/C17H26N2O3S/c1-13(14-8-6-5-7-9-14)19-15(20)12-23-11-10-18-16(21)22-17(2,3)4/h5-9,13H,10-12H2,1-4H3,(H,18,21)(H,19,20). The molecule has 0 radical (unpaired) electrons. The predicted octanol–water partition coefficient (Wildman–Crippen LogP) is 3.12. The van der Waals surface area contributed by atoms with Gasteiger partial charge >= 0.3 is 6.09 Å². The van der Waals surface area contributed by atoms with E-state index in [2.05, 4.69) is 10.6 Å². The monoisotopic (exact) mass is 338 g/mol. The lowest BCUT2D eigenvalue weighted by Crippen LogP contribution is -2.34. The molecule has 0 aromatic heterocycles. The molecule has 1 rings (SSSR count). The number of amides is 2. The summed E-state index contributed by atoms with van der Waals surface area (Å²) in [6.07, 6.45) is -0.430. The fourth-order valence-electron chi connectivity index (χ4n) is 1.81. The number of alkyl carbamates (subject to hydrolysis) is 1. The Labute approximate surface area is 142 Å². The number of nitrogens with one attached hydrogen (secondary N) is 2. The molecule has 128 valence electrons. The largest absolute Gasteiger partial charge is 0.444 e. The SMILES string of the molecule is CC(NC(=O)CSCCNC(=O)OC(C)(C)C)c1ccccc1.